The molecular formula is C14H16N2O2S. The third-order valence-corrected chi connectivity index (χ3v) is 4.54. The summed E-state index contributed by atoms with van der Waals surface area (Å²) in [5.41, 5.74) is 9.67. The van der Waals surface area contributed by atoms with Crippen molar-refractivity contribution in [3.63, 3.8) is 0 Å². The van der Waals surface area contributed by atoms with E-state index in [1.165, 1.54) is 11.1 Å². The highest BCUT2D eigenvalue weighted by Gasteiger charge is 2.32. The number of oxazole rings is 1. The maximum absolute atomic E-state index is 6.32. The second-order valence-electron chi connectivity index (χ2n) is 4.71. The van der Waals surface area contributed by atoms with E-state index in [1.807, 2.05) is 19.1 Å². The number of rotatable bonds is 3. The third kappa shape index (κ3) is 2.35. The lowest BCUT2D eigenvalue weighted by Gasteiger charge is -2.13. The molecule has 100 valence electrons. The molecule has 1 aliphatic rings. The van der Waals surface area contributed by atoms with Gasteiger partial charge in [-0.25, -0.2) is 4.98 Å². The minimum absolute atomic E-state index is 0.0118. The summed E-state index contributed by atoms with van der Waals surface area (Å²) in [7, 11) is 1.67. The van der Waals surface area contributed by atoms with Gasteiger partial charge in [0.2, 0.25) is 0 Å². The zero-order chi connectivity index (χ0) is 13.4. The molecule has 1 heterocycles. The highest BCUT2D eigenvalue weighted by atomic mass is 32.2. The fraction of sp³-hybridized carbons (Fsp3) is 0.357. The first-order valence-corrected chi connectivity index (χ1v) is 7.06. The molecule has 0 fully saturated rings. The molecule has 0 aliphatic heterocycles. The summed E-state index contributed by atoms with van der Waals surface area (Å²) in [6.45, 7) is 1.92. The van der Waals surface area contributed by atoms with Crippen molar-refractivity contribution < 1.29 is 9.15 Å². The molecule has 0 saturated carbocycles. The Labute approximate surface area is 116 Å². The zero-order valence-corrected chi connectivity index (χ0v) is 11.7. The molecular weight excluding hydrogens is 260 g/mol. The number of methoxy groups -OCH3 is 1. The van der Waals surface area contributed by atoms with Crippen molar-refractivity contribution >= 4 is 11.8 Å². The van der Waals surface area contributed by atoms with E-state index in [0.29, 0.717) is 5.22 Å². The molecule has 1 aliphatic carbocycles. The molecule has 2 unspecified atom stereocenters. The van der Waals surface area contributed by atoms with Crippen LogP contribution in [0.2, 0.25) is 0 Å². The zero-order valence-electron chi connectivity index (χ0n) is 10.9. The van der Waals surface area contributed by atoms with E-state index in [9.17, 15) is 0 Å². The summed E-state index contributed by atoms with van der Waals surface area (Å²) >= 11 is 1.61. The second-order valence-corrected chi connectivity index (χ2v) is 5.90. The third-order valence-electron chi connectivity index (χ3n) is 3.38. The van der Waals surface area contributed by atoms with Crippen LogP contribution < -0.4 is 10.5 Å². The van der Waals surface area contributed by atoms with Crippen LogP contribution in [0.1, 0.15) is 22.9 Å². The van der Waals surface area contributed by atoms with Crippen molar-refractivity contribution in [3.8, 4) is 5.75 Å². The van der Waals surface area contributed by atoms with Crippen LogP contribution in [-0.4, -0.2) is 17.3 Å². The van der Waals surface area contributed by atoms with Gasteiger partial charge in [0.15, 0.2) is 0 Å². The number of aryl methyl sites for hydroxylation is 1. The summed E-state index contributed by atoms with van der Waals surface area (Å²) in [4.78, 5) is 4.32. The van der Waals surface area contributed by atoms with Crippen LogP contribution in [0.25, 0.3) is 0 Å². The van der Waals surface area contributed by atoms with Crippen molar-refractivity contribution in [2.45, 2.75) is 29.9 Å². The van der Waals surface area contributed by atoms with Gasteiger partial charge in [-0.05, 0) is 36.6 Å². The van der Waals surface area contributed by atoms with Gasteiger partial charge >= 0.3 is 0 Å². The Bertz CT molecular complexity index is 597. The molecule has 1 aromatic heterocycles. The van der Waals surface area contributed by atoms with Gasteiger partial charge in [-0.15, -0.1) is 0 Å². The fourth-order valence-electron chi connectivity index (χ4n) is 2.37. The quantitative estimate of drug-likeness (QED) is 0.934. The van der Waals surface area contributed by atoms with Gasteiger partial charge in [0.05, 0.1) is 12.8 Å². The van der Waals surface area contributed by atoms with Crippen LogP contribution in [0.5, 0.6) is 5.75 Å². The van der Waals surface area contributed by atoms with Gasteiger partial charge < -0.3 is 14.9 Å². The van der Waals surface area contributed by atoms with Crippen LogP contribution in [-0.2, 0) is 6.42 Å². The Morgan fingerprint density at radius 1 is 1.47 bits per heavy atom. The first-order valence-electron chi connectivity index (χ1n) is 6.18. The van der Waals surface area contributed by atoms with E-state index in [-0.39, 0.29) is 11.3 Å². The Morgan fingerprint density at radius 2 is 2.32 bits per heavy atom. The van der Waals surface area contributed by atoms with Gasteiger partial charge in [-0.3, -0.25) is 0 Å². The number of benzene rings is 1. The smallest absolute Gasteiger partial charge is 0.256 e. The van der Waals surface area contributed by atoms with Crippen molar-refractivity contribution in [1.29, 1.82) is 0 Å². The maximum atomic E-state index is 6.32. The first kappa shape index (κ1) is 12.6. The predicted octanol–water partition coefficient (Wildman–Crippen LogP) is 2.71. The second kappa shape index (κ2) is 4.90. The number of nitrogens with two attached hydrogens (primary N) is 1. The van der Waals surface area contributed by atoms with Crippen molar-refractivity contribution in [3.05, 3.63) is 41.3 Å². The standard InChI is InChI=1S/C14H16N2O2S/c1-8-7-18-14(16-8)19-12-5-9-3-4-10(17-2)6-11(9)13(12)15/h3-4,6-7,12-13H,5,15H2,1-2H3. The minimum Gasteiger partial charge on any atom is -0.497 e. The van der Waals surface area contributed by atoms with Gasteiger partial charge in [0.25, 0.3) is 5.22 Å². The van der Waals surface area contributed by atoms with Gasteiger partial charge in [0.1, 0.15) is 12.0 Å². The molecule has 2 atom stereocenters. The molecule has 0 amide bonds. The molecule has 2 N–H and O–H groups in total. The minimum atomic E-state index is -0.0118. The average molecular weight is 276 g/mol. The summed E-state index contributed by atoms with van der Waals surface area (Å²) in [5.74, 6) is 0.854. The molecule has 0 bridgehead atoms. The molecule has 0 spiro atoms. The Hall–Kier alpha value is -1.46. The number of hydrogen-bond donors (Lipinski definition) is 1. The Kier molecular flexibility index (Phi) is 3.24. The Morgan fingerprint density at radius 3 is 3.00 bits per heavy atom. The number of fused-ring (bicyclic) bond motifs is 1. The highest BCUT2D eigenvalue weighted by molar-refractivity contribution is 7.99. The molecule has 0 radical (unpaired) electrons. The fourth-order valence-corrected chi connectivity index (χ4v) is 3.49. The van der Waals surface area contributed by atoms with Gasteiger partial charge in [-0.1, -0.05) is 17.8 Å². The monoisotopic (exact) mass is 276 g/mol. The van der Waals surface area contributed by atoms with E-state index in [0.717, 1.165) is 17.9 Å². The lowest BCUT2D eigenvalue weighted by Crippen LogP contribution is -2.18. The maximum Gasteiger partial charge on any atom is 0.256 e. The van der Waals surface area contributed by atoms with Crippen LogP contribution in [0.4, 0.5) is 0 Å². The average Bonchev–Trinajstić information content (AvgIpc) is 2.95. The topological polar surface area (TPSA) is 61.3 Å². The van der Waals surface area contributed by atoms with E-state index < -0.39 is 0 Å². The van der Waals surface area contributed by atoms with Crippen LogP contribution in [0.15, 0.2) is 34.1 Å². The summed E-state index contributed by atoms with van der Waals surface area (Å²) in [5, 5.41) is 0.956. The molecule has 0 saturated heterocycles. The van der Waals surface area contributed by atoms with E-state index in [4.69, 9.17) is 14.9 Å². The SMILES string of the molecule is COc1ccc2c(c1)C(N)C(Sc1nc(C)co1)C2. The van der Waals surface area contributed by atoms with Crippen molar-refractivity contribution in [1.82, 2.24) is 4.98 Å². The number of ether oxygens (including phenoxy) is 1. The number of aromatic nitrogens is 1. The largest absolute Gasteiger partial charge is 0.497 e. The molecule has 1 aromatic carbocycles. The van der Waals surface area contributed by atoms with E-state index >= 15 is 0 Å². The van der Waals surface area contributed by atoms with Gasteiger partial charge in [-0.2, -0.15) is 0 Å². The van der Waals surface area contributed by atoms with Gasteiger partial charge in [0, 0.05) is 11.3 Å². The van der Waals surface area contributed by atoms with Crippen molar-refractivity contribution in [2.75, 3.05) is 7.11 Å². The van der Waals surface area contributed by atoms with Crippen molar-refractivity contribution in [2.24, 2.45) is 5.73 Å². The van der Waals surface area contributed by atoms with Crippen LogP contribution in [0.3, 0.4) is 0 Å². The predicted molar refractivity (Wildman–Crippen MR) is 74.5 cm³/mol. The molecule has 19 heavy (non-hydrogen) atoms. The molecule has 2 aromatic rings. The highest BCUT2D eigenvalue weighted by Crippen LogP contribution is 2.41. The van der Waals surface area contributed by atoms with E-state index in [1.54, 1.807) is 25.1 Å². The lowest BCUT2D eigenvalue weighted by atomic mass is 10.1. The normalized spacial score (nSPS) is 21.4. The molecule has 4 nitrogen and oxygen atoms in total. The summed E-state index contributed by atoms with van der Waals surface area (Å²) in [6.07, 6.45) is 2.60. The molecule has 5 heteroatoms. The summed E-state index contributed by atoms with van der Waals surface area (Å²) in [6, 6.07) is 6.09. The first-order chi connectivity index (χ1) is 9.17. The van der Waals surface area contributed by atoms with Crippen LogP contribution in [0, 0.1) is 6.92 Å². The lowest BCUT2D eigenvalue weighted by molar-refractivity contribution is 0.414. The molecule has 3 rings (SSSR count). The van der Waals surface area contributed by atoms with Crippen LogP contribution >= 0.6 is 11.8 Å². The van der Waals surface area contributed by atoms with E-state index in [2.05, 4.69) is 11.1 Å². The number of hydrogen-bond acceptors (Lipinski definition) is 5. The Balaban J connectivity index is 1.80. The number of nitrogens with zero attached hydrogens (tertiary/aromatic N) is 1. The summed E-state index contributed by atoms with van der Waals surface area (Å²) < 4.78 is 10.6. The number of thioether (sulfide) groups is 1.